The third kappa shape index (κ3) is 3.31. The zero-order chi connectivity index (χ0) is 14.8. The van der Waals surface area contributed by atoms with Crippen LogP contribution >= 0.6 is 11.6 Å². The Labute approximate surface area is 125 Å². The number of benzene rings is 1. The van der Waals surface area contributed by atoms with Crippen LogP contribution in [-0.2, 0) is 5.41 Å². The van der Waals surface area contributed by atoms with Crippen molar-refractivity contribution in [2.24, 2.45) is 0 Å². The maximum absolute atomic E-state index is 5.90. The lowest BCUT2D eigenvalue weighted by Gasteiger charge is -2.23. The minimum absolute atomic E-state index is 0.191. The summed E-state index contributed by atoms with van der Waals surface area (Å²) in [6, 6.07) is 10.1. The van der Waals surface area contributed by atoms with E-state index >= 15 is 0 Å². The molecule has 1 aromatic heterocycles. The Morgan fingerprint density at radius 1 is 1.15 bits per heavy atom. The minimum Gasteiger partial charge on any atom is -0.456 e. The van der Waals surface area contributed by atoms with E-state index in [0.29, 0.717) is 10.9 Å². The first-order valence-corrected chi connectivity index (χ1v) is 7.21. The van der Waals surface area contributed by atoms with Gasteiger partial charge in [0, 0.05) is 0 Å². The third-order valence-corrected chi connectivity index (χ3v) is 4.14. The largest absolute Gasteiger partial charge is 0.456 e. The first-order chi connectivity index (χ1) is 9.42. The summed E-state index contributed by atoms with van der Waals surface area (Å²) < 4.78 is 5.79. The third-order valence-electron chi connectivity index (χ3n) is 3.74. The predicted octanol–water partition coefficient (Wildman–Crippen LogP) is 5.52. The maximum Gasteiger partial charge on any atom is 0.146 e. The standard InChI is InChI=1S/C17H20ClNO/c1-5-17(3,4)13-6-8-14(9-7-13)20-15-10-12(2)16(18)19-11-15/h6-11H,5H2,1-4H3. The van der Waals surface area contributed by atoms with Crippen molar-refractivity contribution < 1.29 is 4.74 Å². The molecule has 0 saturated heterocycles. The number of aryl methyl sites for hydroxylation is 1. The molecule has 0 unspecified atom stereocenters. The van der Waals surface area contributed by atoms with Gasteiger partial charge in [-0.1, -0.05) is 44.5 Å². The highest BCUT2D eigenvalue weighted by Gasteiger charge is 2.17. The highest BCUT2D eigenvalue weighted by Crippen LogP contribution is 2.30. The van der Waals surface area contributed by atoms with Crippen molar-refractivity contribution in [2.45, 2.75) is 39.5 Å². The molecule has 0 radical (unpaired) electrons. The predicted molar refractivity (Wildman–Crippen MR) is 83.8 cm³/mol. The van der Waals surface area contributed by atoms with Crippen LogP contribution in [0.5, 0.6) is 11.5 Å². The average molecular weight is 290 g/mol. The Balaban J connectivity index is 2.16. The molecular weight excluding hydrogens is 270 g/mol. The number of halogens is 1. The number of rotatable bonds is 4. The maximum atomic E-state index is 5.90. The van der Waals surface area contributed by atoms with E-state index in [9.17, 15) is 0 Å². The van der Waals surface area contributed by atoms with E-state index in [0.717, 1.165) is 17.7 Å². The molecule has 0 spiro atoms. The lowest BCUT2D eigenvalue weighted by atomic mass is 9.82. The topological polar surface area (TPSA) is 22.1 Å². The first-order valence-electron chi connectivity index (χ1n) is 6.83. The summed E-state index contributed by atoms with van der Waals surface area (Å²) in [5, 5.41) is 0.511. The van der Waals surface area contributed by atoms with Crippen LogP contribution in [0.1, 0.15) is 38.3 Å². The molecule has 2 nitrogen and oxygen atoms in total. The van der Waals surface area contributed by atoms with Gasteiger partial charge in [0.15, 0.2) is 0 Å². The molecule has 0 atom stereocenters. The Morgan fingerprint density at radius 2 is 1.80 bits per heavy atom. The van der Waals surface area contributed by atoms with Crippen molar-refractivity contribution in [1.82, 2.24) is 4.98 Å². The fourth-order valence-corrected chi connectivity index (χ4v) is 2.01. The van der Waals surface area contributed by atoms with E-state index in [1.165, 1.54) is 5.56 Å². The molecule has 106 valence electrons. The van der Waals surface area contributed by atoms with Crippen molar-refractivity contribution in [3.05, 3.63) is 52.8 Å². The molecule has 1 aromatic carbocycles. The Bertz CT molecular complexity index is 590. The molecule has 2 rings (SSSR count). The molecule has 0 aliphatic rings. The highest BCUT2D eigenvalue weighted by molar-refractivity contribution is 6.30. The Hall–Kier alpha value is -1.54. The summed E-state index contributed by atoms with van der Waals surface area (Å²) in [6.07, 6.45) is 2.74. The van der Waals surface area contributed by atoms with Gasteiger partial charge in [0.05, 0.1) is 6.20 Å². The summed E-state index contributed by atoms with van der Waals surface area (Å²) in [5.74, 6) is 1.51. The number of aromatic nitrogens is 1. The minimum atomic E-state index is 0.191. The Kier molecular flexibility index (Phi) is 4.34. The molecule has 0 aliphatic carbocycles. The molecule has 3 heteroatoms. The molecule has 0 bridgehead atoms. The van der Waals surface area contributed by atoms with Gasteiger partial charge in [0.25, 0.3) is 0 Å². The normalized spacial score (nSPS) is 11.4. The summed E-state index contributed by atoms with van der Waals surface area (Å²) in [4.78, 5) is 4.09. The number of ether oxygens (including phenoxy) is 1. The molecule has 0 N–H and O–H groups in total. The van der Waals surface area contributed by atoms with Crippen LogP contribution < -0.4 is 4.74 Å². The van der Waals surface area contributed by atoms with Crippen molar-refractivity contribution in [3.63, 3.8) is 0 Å². The van der Waals surface area contributed by atoms with Gasteiger partial charge in [-0.15, -0.1) is 0 Å². The van der Waals surface area contributed by atoms with Crippen LogP contribution in [0.4, 0.5) is 0 Å². The van der Waals surface area contributed by atoms with Gasteiger partial charge in [-0.05, 0) is 48.1 Å². The highest BCUT2D eigenvalue weighted by atomic mass is 35.5. The number of pyridine rings is 1. The lowest BCUT2D eigenvalue weighted by Crippen LogP contribution is -2.14. The van der Waals surface area contributed by atoms with Crippen LogP contribution in [0, 0.1) is 6.92 Å². The summed E-state index contributed by atoms with van der Waals surface area (Å²) in [5.41, 5.74) is 2.42. The van der Waals surface area contributed by atoms with Gasteiger partial charge in [-0.25, -0.2) is 4.98 Å². The molecule has 2 aromatic rings. The fourth-order valence-electron chi connectivity index (χ4n) is 1.90. The molecular formula is C17H20ClNO. The smallest absolute Gasteiger partial charge is 0.146 e. The molecule has 0 saturated carbocycles. The van der Waals surface area contributed by atoms with Crippen LogP contribution in [0.3, 0.4) is 0 Å². The van der Waals surface area contributed by atoms with E-state index in [4.69, 9.17) is 16.3 Å². The van der Waals surface area contributed by atoms with Gasteiger partial charge in [-0.2, -0.15) is 0 Å². The zero-order valence-corrected chi connectivity index (χ0v) is 13.2. The average Bonchev–Trinajstić information content (AvgIpc) is 2.43. The molecule has 1 heterocycles. The van der Waals surface area contributed by atoms with Gasteiger partial charge in [0.1, 0.15) is 16.7 Å². The monoisotopic (exact) mass is 289 g/mol. The second-order valence-corrected chi connectivity index (χ2v) is 6.00. The summed E-state index contributed by atoms with van der Waals surface area (Å²) in [7, 11) is 0. The second kappa shape index (κ2) is 5.84. The van der Waals surface area contributed by atoms with Crippen molar-refractivity contribution in [3.8, 4) is 11.5 Å². The van der Waals surface area contributed by atoms with E-state index < -0.39 is 0 Å². The zero-order valence-electron chi connectivity index (χ0n) is 12.4. The van der Waals surface area contributed by atoms with Gasteiger partial charge < -0.3 is 4.74 Å². The van der Waals surface area contributed by atoms with Crippen LogP contribution in [0.25, 0.3) is 0 Å². The fraction of sp³-hybridized carbons (Fsp3) is 0.353. The summed E-state index contributed by atoms with van der Waals surface area (Å²) >= 11 is 5.90. The molecule has 0 aliphatic heterocycles. The van der Waals surface area contributed by atoms with Crippen molar-refractivity contribution >= 4 is 11.6 Å². The van der Waals surface area contributed by atoms with E-state index in [1.807, 2.05) is 25.1 Å². The number of hydrogen-bond donors (Lipinski definition) is 0. The van der Waals surface area contributed by atoms with Crippen molar-refractivity contribution in [1.29, 1.82) is 0 Å². The number of hydrogen-bond acceptors (Lipinski definition) is 2. The van der Waals surface area contributed by atoms with Crippen molar-refractivity contribution in [2.75, 3.05) is 0 Å². The van der Waals surface area contributed by atoms with E-state index in [2.05, 4.69) is 37.9 Å². The SMILES string of the molecule is CCC(C)(C)c1ccc(Oc2cnc(Cl)c(C)c2)cc1. The first kappa shape index (κ1) is 14.9. The Morgan fingerprint density at radius 3 is 2.35 bits per heavy atom. The molecule has 0 amide bonds. The van der Waals surface area contributed by atoms with E-state index in [-0.39, 0.29) is 5.41 Å². The molecule has 20 heavy (non-hydrogen) atoms. The van der Waals surface area contributed by atoms with Crippen LogP contribution in [-0.4, -0.2) is 4.98 Å². The second-order valence-electron chi connectivity index (χ2n) is 5.64. The lowest BCUT2D eigenvalue weighted by molar-refractivity contribution is 0.475. The van der Waals surface area contributed by atoms with Gasteiger partial charge in [0.2, 0.25) is 0 Å². The van der Waals surface area contributed by atoms with Crippen LogP contribution in [0.15, 0.2) is 36.5 Å². The van der Waals surface area contributed by atoms with Gasteiger partial charge in [-0.3, -0.25) is 0 Å². The van der Waals surface area contributed by atoms with Crippen LogP contribution in [0.2, 0.25) is 5.15 Å². The quantitative estimate of drug-likeness (QED) is 0.691. The number of nitrogens with zero attached hydrogens (tertiary/aromatic N) is 1. The summed E-state index contributed by atoms with van der Waals surface area (Å²) in [6.45, 7) is 8.60. The van der Waals surface area contributed by atoms with E-state index in [1.54, 1.807) is 6.20 Å². The molecule has 0 fully saturated rings. The van der Waals surface area contributed by atoms with Gasteiger partial charge >= 0.3 is 0 Å².